The van der Waals surface area contributed by atoms with E-state index in [9.17, 15) is 10.1 Å². The Balaban J connectivity index is 1.77. The molecule has 0 radical (unpaired) electrons. The molecule has 0 aliphatic carbocycles. The molecule has 0 amide bonds. The number of nitrogens with zero attached hydrogens (tertiary/aromatic N) is 3. The number of non-ortho nitro benzene ring substituents is 1. The first-order valence-corrected chi connectivity index (χ1v) is 6.61. The predicted octanol–water partition coefficient (Wildman–Crippen LogP) is 3.59. The Bertz CT molecular complexity index is 839. The van der Waals surface area contributed by atoms with Crippen LogP contribution in [0.25, 0.3) is 10.9 Å². The lowest BCUT2D eigenvalue weighted by atomic mass is 10.2. The van der Waals surface area contributed by atoms with Gasteiger partial charge in [-0.2, -0.15) is 5.10 Å². The predicted molar refractivity (Wildman–Crippen MR) is 86.1 cm³/mol. The van der Waals surface area contributed by atoms with Gasteiger partial charge in [0, 0.05) is 23.7 Å². The van der Waals surface area contributed by atoms with Crippen LogP contribution in [0.15, 0.2) is 65.9 Å². The molecule has 3 aromatic rings. The highest BCUT2D eigenvalue weighted by Crippen LogP contribution is 2.21. The molecule has 6 nitrogen and oxygen atoms in total. The van der Waals surface area contributed by atoms with E-state index in [1.54, 1.807) is 24.5 Å². The molecule has 0 saturated carbocycles. The Morgan fingerprint density at radius 3 is 2.68 bits per heavy atom. The Labute approximate surface area is 126 Å². The second-order valence-corrected chi connectivity index (χ2v) is 4.59. The van der Waals surface area contributed by atoms with Crippen molar-refractivity contribution in [3.63, 3.8) is 0 Å². The van der Waals surface area contributed by atoms with E-state index in [1.165, 1.54) is 12.1 Å². The molecule has 1 aromatic heterocycles. The summed E-state index contributed by atoms with van der Waals surface area (Å²) in [6.07, 6.45) is 3.35. The zero-order valence-electron chi connectivity index (χ0n) is 11.5. The quantitative estimate of drug-likeness (QED) is 0.452. The average Bonchev–Trinajstić information content (AvgIpc) is 2.55. The van der Waals surface area contributed by atoms with Crippen molar-refractivity contribution in [3.05, 3.63) is 76.5 Å². The second-order valence-electron chi connectivity index (χ2n) is 4.59. The van der Waals surface area contributed by atoms with E-state index in [0.29, 0.717) is 0 Å². The number of nitro benzene ring substituents is 1. The van der Waals surface area contributed by atoms with Crippen molar-refractivity contribution in [1.29, 1.82) is 0 Å². The number of hydrogen-bond donors (Lipinski definition) is 1. The summed E-state index contributed by atoms with van der Waals surface area (Å²) in [7, 11) is 0. The topological polar surface area (TPSA) is 80.4 Å². The highest BCUT2D eigenvalue weighted by Gasteiger charge is 2.02. The highest BCUT2D eigenvalue weighted by molar-refractivity contribution is 5.91. The van der Waals surface area contributed by atoms with E-state index in [0.717, 1.165) is 22.2 Å². The largest absolute Gasteiger partial charge is 0.278 e. The number of nitrogens with one attached hydrogen (secondary N) is 1. The van der Waals surface area contributed by atoms with E-state index in [1.807, 2.05) is 30.3 Å². The number of aromatic nitrogens is 1. The molecule has 0 atom stereocenters. The minimum absolute atomic E-state index is 0.0604. The standard InChI is InChI=1S/C16H12N4O2/c21-20(22)13-8-6-12(7-9-13)11-18-19-16-5-1-4-15-14(16)3-2-10-17-15/h1-11,19H/b18-11+. The molecule has 2 aromatic carbocycles. The molecule has 6 heteroatoms. The summed E-state index contributed by atoms with van der Waals surface area (Å²) in [5.41, 5.74) is 5.54. The normalized spacial score (nSPS) is 10.9. The number of hydrazone groups is 1. The molecule has 0 unspecified atom stereocenters. The number of nitro groups is 1. The lowest BCUT2D eigenvalue weighted by molar-refractivity contribution is -0.384. The van der Waals surface area contributed by atoms with Crippen molar-refractivity contribution >= 4 is 28.5 Å². The minimum atomic E-state index is -0.428. The van der Waals surface area contributed by atoms with Crippen molar-refractivity contribution in [3.8, 4) is 0 Å². The first-order valence-electron chi connectivity index (χ1n) is 6.61. The molecule has 0 aliphatic rings. The van der Waals surface area contributed by atoms with E-state index in [-0.39, 0.29) is 5.69 Å². The Hall–Kier alpha value is -3.28. The zero-order valence-corrected chi connectivity index (χ0v) is 11.5. The SMILES string of the molecule is O=[N+]([O-])c1ccc(/C=N/Nc2cccc3ncccc23)cc1. The molecule has 108 valence electrons. The van der Waals surface area contributed by atoms with Gasteiger partial charge < -0.3 is 0 Å². The summed E-state index contributed by atoms with van der Waals surface area (Å²) in [6, 6.07) is 15.8. The van der Waals surface area contributed by atoms with E-state index in [4.69, 9.17) is 0 Å². The van der Waals surface area contributed by atoms with Crippen LogP contribution in [0.4, 0.5) is 11.4 Å². The minimum Gasteiger partial charge on any atom is -0.278 e. The van der Waals surface area contributed by atoms with Crippen LogP contribution in [-0.2, 0) is 0 Å². The molecule has 3 rings (SSSR count). The molecular weight excluding hydrogens is 280 g/mol. The van der Waals surface area contributed by atoms with Gasteiger partial charge in [-0.15, -0.1) is 0 Å². The average molecular weight is 292 g/mol. The fourth-order valence-electron chi connectivity index (χ4n) is 2.06. The van der Waals surface area contributed by atoms with Crippen LogP contribution < -0.4 is 5.43 Å². The smallest absolute Gasteiger partial charge is 0.269 e. The lowest BCUT2D eigenvalue weighted by Crippen LogP contribution is -1.93. The second kappa shape index (κ2) is 6.01. The van der Waals surface area contributed by atoms with Crippen molar-refractivity contribution in [2.24, 2.45) is 5.10 Å². The summed E-state index contributed by atoms with van der Waals surface area (Å²) in [4.78, 5) is 14.4. The fraction of sp³-hybridized carbons (Fsp3) is 0. The van der Waals surface area contributed by atoms with Gasteiger partial charge in [-0.3, -0.25) is 20.5 Å². The van der Waals surface area contributed by atoms with Crippen LogP contribution in [0.3, 0.4) is 0 Å². The van der Waals surface area contributed by atoms with Crippen molar-refractivity contribution in [2.75, 3.05) is 5.43 Å². The summed E-state index contributed by atoms with van der Waals surface area (Å²) >= 11 is 0. The highest BCUT2D eigenvalue weighted by atomic mass is 16.6. The summed E-state index contributed by atoms with van der Waals surface area (Å²) in [5.74, 6) is 0. The first kappa shape index (κ1) is 13.7. The van der Waals surface area contributed by atoms with Gasteiger partial charge in [-0.25, -0.2) is 0 Å². The third kappa shape index (κ3) is 2.90. The Morgan fingerprint density at radius 1 is 1.09 bits per heavy atom. The van der Waals surface area contributed by atoms with E-state index >= 15 is 0 Å². The van der Waals surface area contributed by atoms with Crippen LogP contribution in [0.1, 0.15) is 5.56 Å². The molecule has 0 spiro atoms. The Morgan fingerprint density at radius 2 is 1.91 bits per heavy atom. The number of rotatable bonds is 4. The molecule has 1 N–H and O–H groups in total. The molecule has 0 aliphatic heterocycles. The number of anilines is 1. The van der Waals surface area contributed by atoms with Crippen LogP contribution in [0.2, 0.25) is 0 Å². The van der Waals surface area contributed by atoms with Crippen LogP contribution in [0.5, 0.6) is 0 Å². The lowest BCUT2D eigenvalue weighted by Gasteiger charge is -2.04. The van der Waals surface area contributed by atoms with Crippen LogP contribution in [-0.4, -0.2) is 16.1 Å². The first-order chi connectivity index (χ1) is 10.7. The molecule has 0 fully saturated rings. The summed E-state index contributed by atoms with van der Waals surface area (Å²) in [6.45, 7) is 0. The Kier molecular flexibility index (Phi) is 3.74. The maximum atomic E-state index is 10.6. The van der Waals surface area contributed by atoms with Gasteiger partial charge in [0.25, 0.3) is 5.69 Å². The van der Waals surface area contributed by atoms with Gasteiger partial charge >= 0.3 is 0 Å². The van der Waals surface area contributed by atoms with Gasteiger partial charge in [0.1, 0.15) is 0 Å². The van der Waals surface area contributed by atoms with Crippen LogP contribution >= 0.6 is 0 Å². The number of hydrogen-bond acceptors (Lipinski definition) is 5. The van der Waals surface area contributed by atoms with Gasteiger partial charge in [-0.05, 0) is 42.0 Å². The fourth-order valence-corrected chi connectivity index (χ4v) is 2.06. The van der Waals surface area contributed by atoms with Crippen molar-refractivity contribution in [1.82, 2.24) is 4.98 Å². The molecule has 22 heavy (non-hydrogen) atoms. The van der Waals surface area contributed by atoms with Gasteiger partial charge in [0.2, 0.25) is 0 Å². The molecule has 0 saturated heterocycles. The molecule has 0 bridgehead atoms. The monoisotopic (exact) mass is 292 g/mol. The van der Waals surface area contributed by atoms with E-state index < -0.39 is 4.92 Å². The number of pyridine rings is 1. The van der Waals surface area contributed by atoms with Gasteiger partial charge in [-0.1, -0.05) is 6.07 Å². The maximum Gasteiger partial charge on any atom is 0.269 e. The summed E-state index contributed by atoms with van der Waals surface area (Å²) in [5, 5.41) is 15.7. The zero-order chi connectivity index (χ0) is 15.4. The van der Waals surface area contributed by atoms with E-state index in [2.05, 4.69) is 15.5 Å². The maximum absolute atomic E-state index is 10.6. The van der Waals surface area contributed by atoms with Gasteiger partial charge in [0.15, 0.2) is 0 Å². The number of fused-ring (bicyclic) bond motifs is 1. The molecular formula is C16H12N4O2. The van der Waals surface area contributed by atoms with Gasteiger partial charge in [0.05, 0.1) is 22.3 Å². The summed E-state index contributed by atoms with van der Waals surface area (Å²) < 4.78 is 0. The van der Waals surface area contributed by atoms with Crippen LogP contribution in [0, 0.1) is 10.1 Å². The molecule has 1 heterocycles. The van der Waals surface area contributed by atoms with Crippen molar-refractivity contribution in [2.45, 2.75) is 0 Å². The third-order valence-corrected chi connectivity index (χ3v) is 3.15. The van der Waals surface area contributed by atoms with Crippen molar-refractivity contribution < 1.29 is 4.92 Å². The number of benzene rings is 2. The third-order valence-electron chi connectivity index (χ3n) is 3.15.